The van der Waals surface area contributed by atoms with Crippen LogP contribution in [0.1, 0.15) is 194 Å². The Morgan fingerprint density at radius 2 is 0.630 bits per heavy atom. The summed E-state index contributed by atoms with van der Waals surface area (Å²) in [6, 6.07) is 20.0. The maximum Gasteiger partial charge on any atom is 0.204 e. The molecular weight excluding hydrogens is 661 g/mol. The number of rotatable bonds is 33. The molecule has 0 unspecified atom stereocenters. The SMILES string of the molecule is CCCCCCCCCCCOc1cc2c3ccccc3c3ccccc3c2c(OCCCCCCCCCCC)c1OCCCCCCCCCCC. The Morgan fingerprint density at radius 3 is 1.06 bits per heavy atom. The summed E-state index contributed by atoms with van der Waals surface area (Å²) in [5.41, 5.74) is 0. The molecule has 0 fully saturated rings. The molecule has 3 heteroatoms. The Morgan fingerprint density at radius 1 is 0.315 bits per heavy atom. The fourth-order valence-electron chi connectivity index (χ4n) is 8.14. The zero-order valence-corrected chi connectivity index (χ0v) is 35.1. The van der Waals surface area contributed by atoms with E-state index < -0.39 is 0 Å². The third-order valence-corrected chi connectivity index (χ3v) is 11.4. The van der Waals surface area contributed by atoms with Crippen molar-refractivity contribution in [2.75, 3.05) is 19.8 Å². The lowest BCUT2D eigenvalue weighted by Gasteiger charge is -2.21. The number of hydrogen-bond acceptors (Lipinski definition) is 3. The molecule has 0 N–H and O–H groups in total. The highest BCUT2D eigenvalue weighted by molar-refractivity contribution is 6.27. The van der Waals surface area contributed by atoms with Gasteiger partial charge in [0.05, 0.1) is 19.8 Å². The van der Waals surface area contributed by atoms with Gasteiger partial charge in [-0.1, -0.05) is 223 Å². The van der Waals surface area contributed by atoms with E-state index in [9.17, 15) is 0 Å². The second kappa shape index (κ2) is 27.6. The summed E-state index contributed by atoms with van der Waals surface area (Å²) in [5.74, 6) is 2.54. The smallest absolute Gasteiger partial charge is 0.204 e. The van der Waals surface area contributed by atoms with E-state index in [1.165, 1.54) is 181 Å². The highest BCUT2D eigenvalue weighted by Crippen LogP contribution is 2.49. The van der Waals surface area contributed by atoms with Gasteiger partial charge in [0.2, 0.25) is 5.75 Å². The molecule has 0 aliphatic carbocycles. The number of ether oxygens (including phenoxy) is 3. The van der Waals surface area contributed by atoms with Crippen molar-refractivity contribution in [1.82, 2.24) is 0 Å². The summed E-state index contributed by atoms with van der Waals surface area (Å²) in [7, 11) is 0. The van der Waals surface area contributed by atoms with Crippen LogP contribution in [0.5, 0.6) is 17.2 Å². The van der Waals surface area contributed by atoms with Crippen molar-refractivity contribution in [2.24, 2.45) is 0 Å². The fourth-order valence-corrected chi connectivity index (χ4v) is 8.14. The van der Waals surface area contributed by atoms with Crippen LogP contribution in [-0.4, -0.2) is 19.8 Å². The van der Waals surface area contributed by atoms with Crippen LogP contribution in [0.2, 0.25) is 0 Å². The van der Waals surface area contributed by atoms with E-state index in [4.69, 9.17) is 14.2 Å². The normalized spacial score (nSPS) is 11.6. The molecule has 4 rings (SSSR count). The molecule has 3 nitrogen and oxygen atoms in total. The largest absolute Gasteiger partial charge is 0.490 e. The average Bonchev–Trinajstić information content (AvgIpc) is 3.20. The van der Waals surface area contributed by atoms with Crippen molar-refractivity contribution in [3.63, 3.8) is 0 Å². The Balaban J connectivity index is 1.53. The van der Waals surface area contributed by atoms with Crippen LogP contribution in [0.25, 0.3) is 32.3 Å². The van der Waals surface area contributed by atoms with E-state index in [2.05, 4.69) is 75.4 Å². The van der Waals surface area contributed by atoms with Gasteiger partial charge < -0.3 is 14.2 Å². The Hall–Kier alpha value is -2.94. The lowest BCUT2D eigenvalue weighted by atomic mass is 9.93. The highest BCUT2D eigenvalue weighted by atomic mass is 16.5. The van der Waals surface area contributed by atoms with E-state index in [1.54, 1.807) is 0 Å². The van der Waals surface area contributed by atoms with Gasteiger partial charge in [0.15, 0.2) is 11.5 Å². The van der Waals surface area contributed by atoms with Crippen LogP contribution in [0.15, 0.2) is 54.6 Å². The highest BCUT2D eigenvalue weighted by Gasteiger charge is 2.22. The Kier molecular flexibility index (Phi) is 22.4. The van der Waals surface area contributed by atoms with Gasteiger partial charge >= 0.3 is 0 Å². The lowest BCUT2D eigenvalue weighted by molar-refractivity contribution is 0.236. The van der Waals surface area contributed by atoms with Crippen LogP contribution in [0.3, 0.4) is 0 Å². The van der Waals surface area contributed by atoms with Gasteiger partial charge in [-0.2, -0.15) is 0 Å². The summed E-state index contributed by atoms with van der Waals surface area (Å²) in [6.07, 6.45) is 35.1. The van der Waals surface area contributed by atoms with Gasteiger partial charge in [0.25, 0.3) is 0 Å². The number of unbranched alkanes of at least 4 members (excludes halogenated alkanes) is 24. The molecule has 4 aromatic rings. The fraction of sp³-hybridized carbons (Fsp3) is 0.647. The van der Waals surface area contributed by atoms with Crippen molar-refractivity contribution in [3.05, 3.63) is 54.6 Å². The molecule has 0 radical (unpaired) electrons. The van der Waals surface area contributed by atoms with Crippen LogP contribution >= 0.6 is 0 Å². The van der Waals surface area contributed by atoms with Crippen molar-refractivity contribution >= 4 is 32.3 Å². The van der Waals surface area contributed by atoms with Gasteiger partial charge in [-0.25, -0.2) is 0 Å². The molecule has 4 aromatic carbocycles. The van der Waals surface area contributed by atoms with E-state index >= 15 is 0 Å². The maximum atomic E-state index is 6.94. The summed E-state index contributed by atoms with van der Waals surface area (Å²) in [5, 5.41) is 7.38. The summed E-state index contributed by atoms with van der Waals surface area (Å²) >= 11 is 0. The van der Waals surface area contributed by atoms with E-state index in [0.717, 1.165) is 41.9 Å². The molecule has 0 saturated heterocycles. The van der Waals surface area contributed by atoms with Gasteiger partial charge in [-0.05, 0) is 52.3 Å². The van der Waals surface area contributed by atoms with Crippen LogP contribution < -0.4 is 14.2 Å². The summed E-state index contributed by atoms with van der Waals surface area (Å²) < 4.78 is 20.5. The number of fused-ring (bicyclic) bond motifs is 6. The third-order valence-electron chi connectivity index (χ3n) is 11.4. The predicted octanol–water partition coefficient (Wildman–Crippen LogP) is 16.9. The molecule has 54 heavy (non-hydrogen) atoms. The summed E-state index contributed by atoms with van der Waals surface area (Å²) in [4.78, 5) is 0. The first kappa shape index (κ1) is 43.8. The van der Waals surface area contributed by atoms with Gasteiger partial charge in [0.1, 0.15) is 0 Å². The first-order valence-electron chi connectivity index (χ1n) is 23.1. The van der Waals surface area contributed by atoms with Crippen LogP contribution in [-0.2, 0) is 0 Å². The maximum absolute atomic E-state index is 6.94. The zero-order chi connectivity index (χ0) is 37.9. The number of hydrogen-bond donors (Lipinski definition) is 0. The van der Waals surface area contributed by atoms with E-state index in [0.29, 0.717) is 19.8 Å². The Labute approximate surface area is 331 Å². The van der Waals surface area contributed by atoms with Crippen LogP contribution in [0.4, 0.5) is 0 Å². The average molecular weight is 739 g/mol. The first-order valence-corrected chi connectivity index (χ1v) is 23.1. The third kappa shape index (κ3) is 15.0. The zero-order valence-electron chi connectivity index (χ0n) is 35.1. The molecule has 0 heterocycles. The van der Waals surface area contributed by atoms with Crippen molar-refractivity contribution < 1.29 is 14.2 Å². The molecule has 0 amide bonds. The topological polar surface area (TPSA) is 27.7 Å². The van der Waals surface area contributed by atoms with Crippen LogP contribution in [0, 0.1) is 0 Å². The second-order valence-corrected chi connectivity index (χ2v) is 16.1. The second-order valence-electron chi connectivity index (χ2n) is 16.1. The molecule has 300 valence electrons. The van der Waals surface area contributed by atoms with Gasteiger partial charge in [0, 0.05) is 5.39 Å². The minimum absolute atomic E-state index is 0.690. The number of benzene rings is 4. The molecule has 0 bridgehead atoms. The van der Waals surface area contributed by atoms with E-state index in [-0.39, 0.29) is 0 Å². The van der Waals surface area contributed by atoms with Crippen molar-refractivity contribution in [2.45, 2.75) is 194 Å². The molecule has 0 saturated carbocycles. The quantitative estimate of drug-likeness (QED) is 0.0360. The minimum Gasteiger partial charge on any atom is -0.490 e. The molecule has 0 atom stereocenters. The summed E-state index contributed by atoms with van der Waals surface area (Å²) in [6.45, 7) is 8.97. The molecular formula is C51H78O3. The molecule has 0 aliphatic rings. The minimum atomic E-state index is 0.690. The van der Waals surface area contributed by atoms with Gasteiger partial charge in [-0.15, -0.1) is 0 Å². The molecule has 0 spiro atoms. The van der Waals surface area contributed by atoms with Crippen molar-refractivity contribution in [3.8, 4) is 17.2 Å². The standard InChI is InChI=1S/C51H78O3/c1-4-7-10-13-16-19-22-25-32-39-52-48-42-47-45-37-29-28-35-43(45)44-36-30-31-38-46(44)49(47)51(54-41-34-27-24-21-18-15-12-9-6-3)50(48)53-40-33-26-23-20-17-14-11-8-5-2/h28-31,35-38,42H,4-27,32-34,39-41H2,1-3H3. The predicted molar refractivity (Wildman–Crippen MR) is 237 cm³/mol. The lowest BCUT2D eigenvalue weighted by Crippen LogP contribution is -2.07. The monoisotopic (exact) mass is 739 g/mol. The molecule has 0 aliphatic heterocycles. The Bertz CT molecular complexity index is 1560. The first-order chi connectivity index (χ1) is 26.8. The van der Waals surface area contributed by atoms with E-state index in [1.807, 2.05) is 0 Å². The van der Waals surface area contributed by atoms with Crippen molar-refractivity contribution in [1.29, 1.82) is 0 Å². The van der Waals surface area contributed by atoms with Gasteiger partial charge in [-0.3, -0.25) is 0 Å². The molecule has 0 aromatic heterocycles.